The molecule has 3 rings (SSSR count). The van der Waals surface area contributed by atoms with E-state index in [0.29, 0.717) is 33.0 Å². The average Bonchev–Trinajstić information content (AvgIpc) is 2.91. The number of aryl methyl sites for hydroxylation is 1. The molecule has 2 heterocycles. The molecule has 0 saturated heterocycles. The molecule has 0 atom stereocenters. The van der Waals surface area contributed by atoms with Crippen molar-refractivity contribution in [2.24, 2.45) is 0 Å². The number of nitrogens with zero attached hydrogens (tertiary/aromatic N) is 2. The van der Waals surface area contributed by atoms with Crippen molar-refractivity contribution in [1.82, 2.24) is 9.55 Å². The third-order valence-electron chi connectivity index (χ3n) is 4.26. The summed E-state index contributed by atoms with van der Waals surface area (Å²) in [6, 6.07) is 7.23. The van der Waals surface area contributed by atoms with E-state index >= 15 is 0 Å². The van der Waals surface area contributed by atoms with Gasteiger partial charge in [-0.15, -0.1) is 11.3 Å². The van der Waals surface area contributed by atoms with Crippen LogP contribution in [-0.4, -0.2) is 26.4 Å². The number of ketones is 1. The summed E-state index contributed by atoms with van der Waals surface area (Å²) in [4.78, 5) is 41.0. The highest BCUT2D eigenvalue weighted by Crippen LogP contribution is 2.28. The molecule has 0 radical (unpaired) electrons. The number of hydrogen-bond acceptors (Lipinski definition) is 5. The van der Waals surface area contributed by atoms with E-state index in [1.807, 2.05) is 12.1 Å². The Kier molecular flexibility index (Phi) is 5.43. The van der Waals surface area contributed by atoms with Gasteiger partial charge in [0.15, 0.2) is 0 Å². The predicted molar refractivity (Wildman–Crippen MR) is 105 cm³/mol. The highest BCUT2D eigenvalue weighted by atomic mass is 35.5. The van der Waals surface area contributed by atoms with Gasteiger partial charge in [0, 0.05) is 24.4 Å². The van der Waals surface area contributed by atoms with Gasteiger partial charge in [-0.2, -0.15) is 0 Å². The number of Topliss-reactive ketones (excluding diaryl/α,β-unsaturated/α-hetero) is 1. The zero-order chi connectivity index (χ0) is 19.7. The molecular formula is C19H17ClN2O4S. The average molecular weight is 405 g/mol. The molecule has 0 bridgehead atoms. The fraction of sp³-hybridized carbons (Fsp3) is 0.263. The standard InChI is InChI=1S/C19H17ClN2O4S/c1-10(23)6-7-22-14(9-12-4-3-5-13(20)8-12)21-17-15(18(22)24)11(2)16(27-17)19(25)26/h3-5,8H,6-7,9H2,1-2H3,(H,25,26). The van der Waals surface area contributed by atoms with Gasteiger partial charge in [0.1, 0.15) is 21.3 Å². The number of benzene rings is 1. The zero-order valence-corrected chi connectivity index (χ0v) is 16.4. The summed E-state index contributed by atoms with van der Waals surface area (Å²) < 4.78 is 1.47. The van der Waals surface area contributed by atoms with Crippen LogP contribution in [-0.2, 0) is 17.8 Å². The Morgan fingerprint density at radius 2 is 2.07 bits per heavy atom. The Labute approximate surface area is 164 Å². The number of carboxylic acid groups (broad SMARTS) is 1. The van der Waals surface area contributed by atoms with Crippen LogP contribution in [0.2, 0.25) is 5.02 Å². The molecule has 6 nitrogen and oxygen atoms in total. The van der Waals surface area contributed by atoms with E-state index in [0.717, 1.165) is 16.9 Å². The van der Waals surface area contributed by atoms with Gasteiger partial charge < -0.3 is 5.11 Å². The minimum atomic E-state index is -1.08. The summed E-state index contributed by atoms with van der Waals surface area (Å²) in [5.41, 5.74) is 0.961. The molecule has 0 fully saturated rings. The maximum Gasteiger partial charge on any atom is 0.346 e. The van der Waals surface area contributed by atoms with Crippen LogP contribution < -0.4 is 5.56 Å². The first-order valence-electron chi connectivity index (χ1n) is 8.28. The first-order valence-corrected chi connectivity index (χ1v) is 9.47. The third kappa shape index (κ3) is 3.94. The van der Waals surface area contributed by atoms with Gasteiger partial charge in [0.2, 0.25) is 0 Å². The van der Waals surface area contributed by atoms with Crippen LogP contribution >= 0.6 is 22.9 Å². The molecule has 140 valence electrons. The molecule has 0 aliphatic heterocycles. The summed E-state index contributed by atoms with van der Waals surface area (Å²) in [6.45, 7) is 3.27. The number of carbonyl (C=O) groups excluding carboxylic acids is 1. The number of aromatic nitrogens is 2. The second kappa shape index (κ2) is 7.62. The summed E-state index contributed by atoms with van der Waals surface area (Å²) >= 11 is 7.03. The Bertz CT molecular complexity index is 1120. The Morgan fingerprint density at radius 1 is 1.33 bits per heavy atom. The maximum absolute atomic E-state index is 13.1. The van der Waals surface area contributed by atoms with Crippen LogP contribution in [0, 0.1) is 6.92 Å². The lowest BCUT2D eigenvalue weighted by Gasteiger charge is -2.12. The van der Waals surface area contributed by atoms with Crippen molar-refractivity contribution in [3.05, 3.63) is 61.5 Å². The number of carboxylic acids is 1. The van der Waals surface area contributed by atoms with E-state index in [2.05, 4.69) is 4.98 Å². The molecule has 2 aromatic heterocycles. The lowest BCUT2D eigenvalue weighted by atomic mass is 10.1. The number of halogens is 1. The quantitative estimate of drug-likeness (QED) is 0.676. The molecule has 1 N–H and O–H groups in total. The largest absolute Gasteiger partial charge is 0.477 e. The van der Waals surface area contributed by atoms with Gasteiger partial charge >= 0.3 is 5.97 Å². The lowest BCUT2D eigenvalue weighted by molar-refractivity contribution is -0.117. The third-order valence-corrected chi connectivity index (χ3v) is 5.67. The van der Waals surface area contributed by atoms with Crippen LogP contribution in [0.25, 0.3) is 10.2 Å². The van der Waals surface area contributed by atoms with Gasteiger partial charge in [-0.3, -0.25) is 14.2 Å². The first kappa shape index (κ1) is 19.3. The van der Waals surface area contributed by atoms with E-state index in [4.69, 9.17) is 11.6 Å². The highest BCUT2D eigenvalue weighted by molar-refractivity contribution is 7.20. The number of hydrogen-bond donors (Lipinski definition) is 1. The van der Waals surface area contributed by atoms with Crippen LogP contribution in [0.1, 0.15) is 40.0 Å². The summed E-state index contributed by atoms with van der Waals surface area (Å²) in [7, 11) is 0. The van der Waals surface area contributed by atoms with E-state index in [1.165, 1.54) is 11.5 Å². The van der Waals surface area contributed by atoms with Crippen LogP contribution in [0.5, 0.6) is 0 Å². The second-order valence-electron chi connectivity index (χ2n) is 6.29. The molecule has 0 aliphatic carbocycles. The number of thiophene rings is 1. The van der Waals surface area contributed by atoms with Gasteiger partial charge in [-0.25, -0.2) is 9.78 Å². The van der Waals surface area contributed by atoms with Crippen LogP contribution in [0.3, 0.4) is 0 Å². The Morgan fingerprint density at radius 3 is 2.70 bits per heavy atom. The minimum absolute atomic E-state index is 0.0380. The van der Waals surface area contributed by atoms with Crippen LogP contribution in [0.15, 0.2) is 29.1 Å². The zero-order valence-electron chi connectivity index (χ0n) is 14.8. The first-order chi connectivity index (χ1) is 12.8. The van der Waals surface area contributed by atoms with Crippen molar-refractivity contribution in [3.63, 3.8) is 0 Å². The van der Waals surface area contributed by atoms with Crippen molar-refractivity contribution < 1.29 is 14.7 Å². The normalized spacial score (nSPS) is 11.1. The van der Waals surface area contributed by atoms with Crippen molar-refractivity contribution in [2.45, 2.75) is 33.2 Å². The molecule has 0 spiro atoms. The van der Waals surface area contributed by atoms with Crippen molar-refractivity contribution >= 4 is 44.9 Å². The monoisotopic (exact) mass is 404 g/mol. The molecule has 1 aromatic carbocycles. The second-order valence-corrected chi connectivity index (χ2v) is 7.72. The molecule has 0 unspecified atom stereocenters. The minimum Gasteiger partial charge on any atom is -0.477 e. The number of fused-ring (bicyclic) bond motifs is 1. The SMILES string of the molecule is CC(=O)CCn1c(Cc2cccc(Cl)c2)nc2sc(C(=O)O)c(C)c2c1=O. The van der Waals surface area contributed by atoms with E-state index < -0.39 is 5.97 Å². The fourth-order valence-electron chi connectivity index (χ4n) is 2.93. The fourth-order valence-corrected chi connectivity index (χ4v) is 4.17. The topological polar surface area (TPSA) is 89.3 Å². The van der Waals surface area contributed by atoms with Gasteiger partial charge in [-0.05, 0) is 37.1 Å². The van der Waals surface area contributed by atoms with E-state index in [9.17, 15) is 19.5 Å². The molecule has 3 aromatic rings. The van der Waals surface area contributed by atoms with Crippen molar-refractivity contribution in [2.75, 3.05) is 0 Å². The van der Waals surface area contributed by atoms with Crippen LogP contribution in [0.4, 0.5) is 0 Å². The highest BCUT2D eigenvalue weighted by Gasteiger charge is 2.21. The molecule has 0 aliphatic rings. The maximum atomic E-state index is 13.1. The molecule has 0 saturated carbocycles. The lowest BCUT2D eigenvalue weighted by Crippen LogP contribution is -2.26. The number of aromatic carboxylic acids is 1. The summed E-state index contributed by atoms with van der Waals surface area (Å²) in [5.74, 6) is -0.639. The number of rotatable bonds is 6. The van der Waals surface area contributed by atoms with E-state index in [1.54, 1.807) is 19.1 Å². The molecule has 8 heteroatoms. The smallest absolute Gasteiger partial charge is 0.346 e. The Hall–Kier alpha value is -2.51. The predicted octanol–water partition coefficient (Wildman–Crippen LogP) is 3.69. The molecule has 27 heavy (non-hydrogen) atoms. The molecule has 0 amide bonds. The van der Waals surface area contributed by atoms with Gasteiger partial charge in [-0.1, -0.05) is 23.7 Å². The van der Waals surface area contributed by atoms with Crippen molar-refractivity contribution in [1.29, 1.82) is 0 Å². The summed E-state index contributed by atoms with van der Waals surface area (Å²) in [6.07, 6.45) is 0.549. The van der Waals surface area contributed by atoms with E-state index in [-0.39, 0.29) is 29.2 Å². The van der Waals surface area contributed by atoms with Gasteiger partial charge in [0.05, 0.1) is 5.39 Å². The van der Waals surface area contributed by atoms with Gasteiger partial charge in [0.25, 0.3) is 5.56 Å². The Balaban J connectivity index is 2.20. The number of carbonyl (C=O) groups is 2. The molecular weight excluding hydrogens is 388 g/mol. The summed E-state index contributed by atoms with van der Waals surface area (Å²) in [5, 5.41) is 10.2. The van der Waals surface area contributed by atoms with Crippen molar-refractivity contribution in [3.8, 4) is 0 Å².